The summed E-state index contributed by atoms with van der Waals surface area (Å²) in [7, 11) is 0. The van der Waals surface area contributed by atoms with E-state index in [-0.39, 0.29) is 11.5 Å². The Balaban J connectivity index is 1.71. The molecule has 2 aromatic rings. The summed E-state index contributed by atoms with van der Waals surface area (Å²) in [6, 6.07) is 15.9. The van der Waals surface area contributed by atoms with E-state index in [9.17, 15) is 0 Å². The van der Waals surface area contributed by atoms with Gasteiger partial charge in [-0.1, -0.05) is 52.0 Å². The molecule has 1 N–H and O–H groups in total. The Morgan fingerprint density at radius 1 is 1.07 bits per heavy atom. The zero-order valence-electron chi connectivity index (χ0n) is 17.1. The summed E-state index contributed by atoms with van der Waals surface area (Å²) in [6.45, 7) is 12.6. The summed E-state index contributed by atoms with van der Waals surface area (Å²) in [4.78, 5) is 2.55. The topological polar surface area (TPSA) is 24.5 Å². The average molecular weight is 365 g/mol. The number of likely N-dealkylation sites (N-methyl/N-ethyl adjacent to an activating group) is 1. The smallest absolute Gasteiger partial charge is 0.132 e. The molecular formula is C24H32N2O. The van der Waals surface area contributed by atoms with Gasteiger partial charge in [0.1, 0.15) is 11.5 Å². The van der Waals surface area contributed by atoms with Gasteiger partial charge in [-0.25, -0.2) is 0 Å². The van der Waals surface area contributed by atoms with Gasteiger partial charge in [0.15, 0.2) is 0 Å². The molecule has 144 valence electrons. The van der Waals surface area contributed by atoms with Gasteiger partial charge in [-0.2, -0.15) is 0 Å². The summed E-state index contributed by atoms with van der Waals surface area (Å²) >= 11 is 0. The fourth-order valence-electron chi connectivity index (χ4n) is 4.33. The Hall–Kier alpha value is -1.84. The van der Waals surface area contributed by atoms with Crippen molar-refractivity contribution in [3.8, 4) is 11.5 Å². The highest BCUT2D eigenvalue weighted by Crippen LogP contribution is 2.44. The molecule has 0 radical (unpaired) electrons. The van der Waals surface area contributed by atoms with E-state index in [2.05, 4.69) is 80.4 Å². The number of ether oxygens (including phenoxy) is 1. The lowest BCUT2D eigenvalue weighted by molar-refractivity contribution is 0.192. The van der Waals surface area contributed by atoms with Crippen molar-refractivity contribution in [2.75, 3.05) is 19.6 Å². The van der Waals surface area contributed by atoms with Gasteiger partial charge in [-0.15, -0.1) is 0 Å². The Morgan fingerprint density at radius 2 is 1.85 bits per heavy atom. The van der Waals surface area contributed by atoms with Crippen LogP contribution < -0.4 is 10.1 Å². The van der Waals surface area contributed by atoms with Crippen LogP contribution in [-0.4, -0.2) is 30.6 Å². The molecule has 0 aliphatic carbocycles. The Bertz CT molecular complexity index is 808. The lowest BCUT2D eigenvalue weighted by atomic mass is 9.83. The van der Waals surface area contributed by atoms with E-state index in [0.29, 0.717) is 6.04 Å². The van der Waals surface area contributed by atoms with Crippen LogP contribution in [-0.2, 0) is 5.41 Å². The van der Waals surface area contributed by atoms with Gasteiger partial charge in [0.2, 0.25) is 0 Å². The number of nitrogens with one attached hydrogen (secondary N) is 1. The second-order valence-corrected chi connectivity index (χ2v) is 8.97. The highest BCUT2D eigenvalue weighted by molar-refractivity contribution is 5.54. The van der Waals surface area contributed by atoms with Crippen LogP contribution in [0, 0.1) is 0 Å². The van der Waals surface area contributed by atoms with E-state index in [4.69, 9.17) is 4.74 Å². The SMILES string of the molecule is CCN1CCCC(NC2c3ccccc3Oc3ccc(C(C)(C)C)cc32)C1. The van der Waals surface area contributed by atoms with Crippen molar-refractivity contribution in [2.45, 2.75) is 58.0 Å². The molecule has 0 bridgehead atoms. The standard InChI is InChI=1S/C24H32N2O/c1-5-26-14-8-9-18(16-26)25-23-19-10-6-7-11-21(19)27-22-13-12-17(15-20(22)23)24(2,3)4/h6-7,10-13,15,18,23,25H,5,8-9,14,16H2,1-4H3. The molecule has 0 saturated carbocycles. The first-order valence-corrected chi connectivity index (χ1v) is 10.4. The number of hydrogen-bond acceptors (Lipinski definition) is 3. The van der Waals surface area contributed by atoms with E-state index in [0.717, 1.165) is 24.6 Å². The molecule has 2 heterocycles. The largest absolute Gasteiger partial charge is 0.457 e. The van der Waals surface area contributed by atoms with Crippen molar-refractivity contribution < 1.29 is 4.74 Å². The highest BCUT2D eigenvalue weighted by atomic mass is 16.5. The predicted molar refractivity (Wildman–Crippen MR) is 112 cm³/mol. The second kappa shape index (κ2) is 7.29. The monoisotopic (exact) mass is 364 g/mol. The average Bonchev–Trinajstić information content (AvgIpc) is 2.67. The van der Waals surface area contributed by atoms with E-state index >= 15 is 0 Å². The van der Waals surface area contributed by atoms with Crippen LogP contribution in [0.15, 0.2) is 42.5 Å². The third-order valence-electron chi connectivity index (χ3n) is 5.99. The Morgan fingerprint density at radius 3 is 2.63 bits per heavy atom. The number of likely N-dealkylation sites (tertiary alicyclic amines) is 1. The number of benzene rings is 2. The number of para-hydroxylation sites is 1. The van der Waals surface area contributed by atoms with Gasteiger partial charge in [-0.05, 0) is 55.1 Å². The van der Waals surface area contributed by atoms with Crippen molar-refractivity contribution in [3.63, 3.8) is 0 Å². The van der Waals surface area contributed by atoms with Gasteiger partial charge >= 0.3 is 0 Å². The summed E-state index contributed by atoms with van der Waals surface area (Å²) < 4.78 is 6.26. The zero-order chi connectivity index (χ0) is 19.0. The molecule has 2 aliphatic rings. The van der Waals surface area contributed by atoms with Crippen molar-refractivity contribution in [1.29, 1.82) is 0 Å². The van der Waals surface area contributed by atoms with Gasteiger partial charge in [0.05, 0.1) is 6.04 Å². The number of fused-ring (bicyclic) bond motifs is 2. The van der Waals surface area contributed by atoms with Gasteiger partial charge in [-0.3, -0.25) is 0 Å². The Kier molecular flexibility index (Phi) is 5.00. The van der Waals surface area contributed by atoms with Crippen LogP contribution in [0.5, 0.6) is 11.5 Å². The molecule has 0 amide bonds. The summed E-state index contributed by atoms with van der Waals surface area (Å²) in [6.07, 6.45) is 2.51. The van der Waals surface area contributed by atoms with Crippen LogP contribution in [0.2, 0.25) is 0 Å². The normalized spacial score (nSPS) is 22.7. The van der Waals surface area contributed by atoms with Gasteiger partial charge < -0.3 is 15.0 Å². The quantitative estimate of drug-likeness (QED) is 0.805. The molecule has 1 fully saturated rings. The highest BCUT2D eigenvalue weighted by Gasteiger charge is 2.31. The number of rotatable bonds is 3. The van der Waals surface area contributed by atoms with E-state index in [1.807, 2.05) is 0 Å². The minimum Gasteiger partial charge on any atom is -0.457 e. The summed E-state index contributed by atoms with van der Waals surface area (Å²) in [5, 5.41) is 3.99. The summed E-state index contributed by atoms with van der Waals surface area (Å²) in [5.41, 5.74) is 4.01. The maximum absolute atomic E-state index is 6.26. The van der Waals surface area contributed by atoms with Crippen molar-refractivity contribution in [1.82, 2.24) is 10.2 Å². The molecule has 27 heavy (non-hydrogen) atoms. The molecule has 3 heteroatoms. The molecule has 2 aromatic carbocycles. The maximum Gasteiger partial charge on any atom is 0.132 e. The Labute approximate surface area is 163 Å². The van der Waals surface area contributed by atoms with Crippen LogP contribution in [0.3, 0.4) is 0 Å². The van der Waals surface area contributed by atoms with Crippen LogP contribution in [0.25, 0.3) is 0 Å². The van der Waals surface area contributed by atoms with Crippen LogP contribution in [0.4, 0.5) is 0 Å². The number of piperidine rings is 1. The minimum absolute atomic E-state index is 0.125. The lowest BCUT2D eigenvalue weighted by Crippen LogP contribution is -2.47. The second-order valence-electron chi connectivity index (χ2n) is 8.97. The first kappa shape index (κ1) is 18.5. The van der Waals surface area contributed by atoms with Crippen molar-refractivity contribution in [3.05, 3.63) is 59.2 Å². The first-order chi connectivity index (χ1) is 13.0. The fourth-order valence-corrected chi connectivity index (χ4v) is 4.33. The van der Waals surface area contributed by atoms with Gasteiger partial charge in [0, 0.05) is 23.7 Å². The molecule has 1 saturated heterocycles. The third kappa shape index (κ3) is 3.76. The molecule has 2 atom stereocenters. The van der Waals surface area contributed by atoms with Crippen LogP contribution >= 0.6 is 0 Å². The van der Waals surface area contributed by atoms with Crippen molar-refractivity contribution in [2.24, 2.45) is 0 Å². The van der Waals surface area contributed by atoms with Gasteiger partial charge in [0.25, 0.3) is 0 Å². The maximum atomic E-state index is 6.26. The van der Waals surface area contributed by atoms with E-state index in [1.165, 1.54) is 36.1 Å². The molecule has 4 rings (SSSR count). The minimum atomic E-state index is 0.125. The molecular weight excluding hydrogens is 332 g/mol. The van der Waals surface area contributed by atoms with E-state index in [1.54, 1.807) is 0 Å². The first-order valence-electron chi connectivity index (χ1n) is 10.4. The molecule has 2 aliphatic heterocycles. The predicted octanol–water partition coefficient (Wildman–Crippen LogP) is 5.25. The number of nitrogens with zero attached hydrogens (tertiary/aromatic N) is 1. The molecule has 0 spiro atoms. The zero-order valence-corrected chi connectivity index (χ0v) is 17.1. The molecule has 2 unspecified atom stereocenters. The van der Waals surface area contributed by atoms with Crippen molar-refractivity contribution >= 4 is 0 Å². The molecule has 0 aromatic heterocycles. The third-order valence-corrected chi connectivity index (χ3v) is 5.99. The fraction of sp³-hybridized carbons (Fsp3) is 0.500. The molecule has 3 nitrogen and oxygen atoms in total. The summed E-state index contributed by atoms with van der Waals surface area (Å²) in [5.74, 6) is 1.97. The lowest BCUT2D eigenvalue weighted by Gasteiger charge is -2.37. The van der Waals surface area contributed by atoms with Crippen LogP contribution in [0.1, 0.15) is 63.3 Å². The number of hydrogen-bond donors (Lipinski definition) is 1. The van der Waals surface area contributed by atoms with E-state index < -0.39 is 0 Å².